The van der Waals surface area contributed by atoms with Crippen molar-refractivity contribution in [1.29, 1.82) is 0 Å². The smallest absolute Gasteiger partial charge is 0.123 e. The third-order valence-electron chi connectivity index (χ3n) is 4.02. The number of halogens is 1. The predicted octanol–water partition coefficient (Wildman–Crippen LogP) is 4.13. The van der Waals surface area contributed by atoms with Gasteiger partial charge in [-0.3, -0.25) is 0 Å². The van der Waals surface area contributed by atoms with Gasteiger partial charge in [0.25, 0.3) is 0 Å². The summed E-state index contributed by atoms with van der Waals surface area (Å²) in [5.74, 6) is 1.67. The van der Waals surface area contributed by atoms with Gasteiger partial charge >= 0.3 is 0 Å². The lowest BCUT2D eigenvalue weighted by Crippen LogP contribution is -2.21. The maximum atomic E-state index is 12.7. The first-order chi connectivity index (χ1) is 8.74. The summed E-state index contributed by atoms with van der Waals surface area (Å²) in [5, 5.41) is 3.46. The Morgan fingerprint density at radius 1 is 1.22 bits per heavy atom. The van der Waals surface area contributed by atoms with Crippen molar-refractivity contribution >= 4 is 0 Å². The normalized spacial score (nSPS) is 24.1. The van der Waals surface area contributed by atoms with Gasteiger partial charge in [0.15, 0.2) is 0 Å². The Hall–Kier alpha value is -0.890. The van der Waals surface area contributed by atoms with Gasteiger partial charge in [0.1, 0.15) is 5.82 Å². The van der Waals surface area contributed by atoms with Gasteiger partial charge in [0, 0.05) is 6.54 Å². The Morgan fingerprint density at radius 2 is 2.00 bits per heavy atom. The molecule has 18 heavy (non-hydrogen) atoms. The van der Waals surface area contributed by atoms with Crippen LogP contribution in [0.3, 0.4) is 0 Å². The quantitative estimate of drug-likeness (QED) is 0.774. The second kappa shape index (κ2) is 6.89. The molecule has 1 fully saturated rings. The maximum absolute atomic E-state index is 12.7. The molecule has 0 amide bonds. The maximum Gasteiger partial charge on any atom is 0.123 e. The standard InChI is InChI=1S/C16H24FN/c1-13-3-2-4-14(11-13)9-10-18-12-15-5-7-16(17)8-6-15/h5-8,13-14,18H,2-4,9-12H2,1H3. The molecule has 1 aliphatic carbocycles. The molecule has 0 aliphatic heterocycles. The second-order valence-electron chi connectivity index (χ2n) is 5.73. The average molecular weight is 249 g/mol. The third kappa shape index (κ3) is 4.41. The fourth-order valence-corrected chi connectivity index (χ4v) is 2.96. The van der Waals surface area contributed by atoms with Crippen molar-refractivity contribution in [3.8, 4) is 0 Å². The zero-order valence-electron chi connectivity index (χ0n) is 11.3. The van der Waals surface area contributed by atoms with E-state index in [1.807, 2.05) is 12.1 Å². The van der Waals surface area contributed by atoms with Crippen molar-refractivity contribution in [1.82, 2.24) is 5.32 Å². The summed E-state index contributed by atoms with van der Waals surface area (Å²) < 4.78 is 12.7. The van der Waals surface area contributed by atoms with Crippen LogP contribution in [-0.2, 0) is 6.54 Å². The molecule has 0 heterocycles. The van der Waals surface area contributed by atoms with Gasteiger partial charge in [0.05, 0.1) is 0 Å². The molecule has 1 saturated carbocycles. The molecule has 0 aromatic heterocycles. The molecule has 1 N–H and O–H groups in total. The van der Waals surface area contributed by atoms with Gasteiger partial charge in [-0.2, -0.15) is 0 Å². The monoisotopic (exact) mass is 249 g/mol. The molecular weight excluding hydrogens is 225 g/mol. The first kappa shape index (κ1) is 13.5. The van der Waals surface area contributed by atoms with E-state index in [1.165, 1.54) is 44.2 Å². The summed E-state index contributed by atoms with van der Waals surface area (Å²) in [5.41, 5.74) is 1.16. The van der Waals surface area contributed by atoms with Crippen LogP contribution in [-0.4, -0.2) is 6.54 Å². The molecule has 2 rings (SSSR count). The number of rotatable bonds is 5. The van der Waals surface area contributed by atoms with Crippen molar-refractivity contribution in [2.75, 3.05) is 6.54 Å². The summed E-state index contributed by atoms with van der Waals surface area (Å²) in [6, 6.07) is 6.76. The van der Waals surface area contributed by atoms with E-state index < -0.39 is 0 Å². The van der Waals surface area contributed by atoms with E-state index in [2.05, 4.69) is 12.2 Å². The first-order valence-electron chi connectivity index (χ1n) is 7.19. The van der Waals surface area contributed by atoms with E-state index in [4.69, 9.17) is 0 Å². The van der Waals surface area contributed by atoms with E-state index in [0.29, 0.717) is 0 Å². The largest absolute Gasteiger partial charge is 0.313 e. The van der Waals surface area contributed by atoms with Crippen molar-refractivity contribution < 1.29 is 4.39 Å². The van der Waals surface area contributed by atoms with Crippen LogP contribution in [0.25, 0.3) is 0 Å². The van der Waals surface area contributed by atoms with Crippen molar-refractivity contribution in [2.45, 2.75) is 45.6 Å². The predicted molar refractivity (Wildman–Crippen MR) is 73.8 cm³/mol. The first-order valence-corrected chi connectivity index (χ1v) is 7.19. The van der Waals surface area contributed by atoms with Gasteiger partial charge < -0.3 is 5.32 Å². The number of benzene rings is 1. The minimum atomic E-state index is -0.157. The van der Waals surface area contributed by atoms with Crippen LogP contribution in [0, 0.1) is 17.7 Å². The Morgan fingerprint density at radius 3 is 2.72 bits per heavy atom. The Labute approximate surface area is 110 Å². The highest BCUT2D eigenvalue weighted by molar-refractivity contribution is 5.15. The van der Waals surface area contributed by atoms with E-state index in [-0.39, 0.29) is 5.82 Å². The minimum absolute atomic E-state index is 0.157. The SMILES string of the molecule is CC1CCCC(CCNCc2ccc(F)cc2)C1. The number of hydrogen-bond donors (Lipinski definition) is 1. The van der Waals surface area contributed by atoms with Crippen LogP contribution in [0.5, 0.6) is 0 Å². The van der Waals surface area contributed by atoms with Crippen LogP contribution >= 0.6 is 0 Å². The van der Waals surface area contributed by atoms with Gasteiger partial charge in [0.2, 0.25) is 0 Å². The van der Waals surface area contributed by atoms with Crippen LogP contribution in [0.1, 0.15) is 44.6 Å². The van der Waals surface area contributed by atoms with Crippen molar-refractivity contribution in [3.63, 3.8) is 0 Å². The molecule has 100 valence electrons. The lowest BCUT2D eigenvalue weighted by molar-refractivity contribution is 0.267. The molecule has 0 bridgehead atoms. The van der Waals surface area contributed by atoms with E-state index >= 15 is 0 Å². The van der Waals surface area contributed by atoms with Crippen LogP contribution in [0.2, 0.25) is 0 Å². The highest BCUT2D eigenvalue weighted by Gasteiger charge is 2.17. The Bertz CT molecular complexity index is 347. The summed E-state index contributed by atoms with van der Waals surface area (Å²) in [6.45, 7) is 4.30. The van der Waals surface area contributed by atoms with Gasteiger partial charge in [-0.25, -0.2) is 4.39 Å². The van der Waals surface area contributed by atoms with Crippen LogP contribution in [0.4, 0.5) is 4.39 Å². The molecule has 2 unspecified atom stereocenters. The van der Waals surface area contributed by atoms with Crippen LogP contribution in [0.15, 0.2) is 24.3 Å². The molecule has 1 nitrogen and oxygen atoms in total. The highest BCUT2D eigenvalue weighted by atomic mass is 19.1. The molecule has 0 radical (unpaired) electrons. The molecular formula is C16H24FN. The summed E-state index contributed by atoms with van der Waals surface area (Å²) >= 11 is 0. The third-order valence-corrected chi connectivity index (χ3v) is 4.02. The number of nitrogens with one attached hydrogen (secondary N) is 1. The van der Waals surface area contributed by atoms with Gasteiger partial charge in [-0.1, -0.05) is 38.3 Å². The van der Waals surface area contributed by atoms with E-state index in [0.717, 1.165) is 30.5 Å². The molecule has 0 saturated heterocycles. The molecule has 1 aromatic carbocycles. The van der Waals surface area contributed by atoms with Gasteiger partial charge in [-0.05, 0) is 48.9 Å². The lowest BCUT2D eigenvalue weighted by atomic mass is 9.81. The average Bonchev–Trinajstić information content (AvgIpc) is 2.37. The molecule has 1 aromatic rings. The molecule has 2 atom stereocenters. The highest BCUT2D eigenvalue weighted by Crippen LogP contribution is 2.30. The topological polar surface area (TPSA) is 12.0 Å². The molecule has 1 aliphatic rings. The molecule has 0 spiro atoms. The Kier molecular flexibility index (Phi) is 5.18. The molecule has 2 heteroatoms. The zero-order valence-corrected chi connectivity index (χ0v) is 11.3. The fourth-order valence-electron chi connectivity index (χ4n) is 2.96. The van der Waals surface area contributed by atoms with Crippen LogP contribution < -0.4 is 5.32 Å². The lowest BCUT2D eigenvalue weighted by Gasteiger charge is -2.26. The van der Waals surface area contributed by atoms with E-state index in [1.54, 1.807) is 0 Å². The van der Waals surface area contributed by atoms with Crippen molar-refractivity contribution in [2.24, 2.45) is 11.8 Å². The zero-order chi connectivity index (χ0) is 12.8. The van der Waals surface area contributed by atoms with E-state index in [9.17, 15) is 4.39 Å². The minimum Gasteiger partial charge on any atom is -0.313 e. The summed E-state index contributed by atoms with van der Waals surface area (Å²) in [7, 11) is 0. The summed E-state index contributed by atoms with van der Waals surface area (Å²) in [6.07, 6.45) is 6.91. The fraction of sp³-hybridized carbons (Fsp3) is 0.625. The van der Waals surface area contributed by atoms with Gasteiger partial charge in [-0.15, -0.1) is 0 Å². The summed E-state index contributed by atoms with van der Waals surface area (Å²) in [4.78, 5) is 0. The second-order valence-corrected chi connectivity index (χ2v) is 5.73. The van der Waals surface area contributed by atoms with Crippen molar-refractivity contribution in [3.05, 3.63) is 35.6 Å². The Balaban J connectivity index is 1.62. The number of hydrogen-bond acceptors (Lipinski definition) is 1.